The van der Waals surface area contributed by atoms with Crippen molar-refractivity contribution in [1.82, 2.24) is 0 Å². The van der Waals surface area contributed by atoms with Crippen molar-refractivity contribution in [2.24, 2.45) is 0 Å². The zero-order valence-corrected chi connectivity index (χ0v) is 14.6. The van der Waals surface area contributed by atoms with Crippen molar-refractivity contribution < 1.29 is 9.47 Å². The standard InChI is InChI=1S/C20H34O2/c1-3-5-7-9-10-14-18-22-20-16-12-11-15-19(20)21-17-13-8-6-4-2/h11-12,15-16H,3-10,13-14,17-18H2,1-2H3. The number of hydrogen-bond donors (Lipinski definition) is 0. The van der Waals surface area contributed by atoms with Crippen LogP contribution in [0, 0.1) is 0 Å². The maximum atomic E-state index is 5.90. The van der Waals surface area contributed by atoms with Crippen LogP contribution in [0.15, 0.2) is 24.3 Å². The quantitative estimate of drug-likeness (QED) is 0.371. The number of unbranched alkanes of at least 4 members (excludes halogenated alkanes) is 8. The van der Waals surface area contributed by atoms with Crippen molar-refractivity contribution in [1.29, 1.82) is 0 Å². The second-order valence-electron chi connectivity index (χ2n) is 5.97. The lowest BCUT2D eigenvalue weighted by atomic mass is 10.1. The molecule has 1 aromatic rings. The molecule has 0 aliphatic rings. The number of hydrogen-bond acceptors (Lipinski definition) is 2. The Morgan fingerprint density at radius 3 is 1.50 bits per heavy atom. The monoisotopic (exact) mass is 306 g/mol. The fourth-order valence-corrected chi connectivity index (χ4v) is 2.46. The largest absolute Gasteiger partial charge is 0.490 e. The first-order chi connectivity index (χ1) is 10.9. The summed E-state index contributed by atoms with van der Waals surface area (Å²) in [5.41, 5.74) is 0. The Morgan fingerprint density at radius 1 is 0.591 bits per heavy atom. The molecule has 0 saturated heterocycles. The summed E-state index contributed by atoms with van der Waals surface area (Å²) in [5.74, 6) is 1.79. The maximum Gasteiger partial charge on any atom is 0.161 e. The van der Waals surface area contributed by atoms with E-state index in [0.717, 1.165) is 37.6 Å². The molecule has 0 unspecified atom stereocenters. The fraction of sp³-hybridized carbons (Fsp3) is 0.700. The first-order valence-electron chi connectivity index (χ1n) is 9.23. The predicted octanol–water partition coefficient (Wildman–Crippen LogP) is 6.39. The van der Waals surface area contributed by atoms with Gasteiger partial charge in [0.1, 0.15) is 0 Å². The van der Waals surface area contributed by atoms with Gasteiger partial charge in [-0.3, -0.25) is 0 Å². The van der Waals surface area contributed by atoms with E-state index in [9.17, 15) is 0 Å². The zero-order valence-electron chi connectivity index (χ0n) is 14.6. The van der Waals surface area contributed by atoms with E-state index in [1.807, 2.05) is 24.3 Å². The van der Waals surface area contributed by atoms with Crippen LogP contribution >= 0.6 is 0 Å². The van der Waals surface area contributed by atoms with Crippen LogP contribution in [0.4, 0.5) is 0 Å². The van der Waals surface area contributed by atoms with Crippen LogP contribution in [0.2, 0.25) is 0 Å². The first kappa shape index (κ1) is 18.9. The van der Waals surface area contributed by atoms with Gasteiger partial charge in [0.15, 0.2) is 11.5 Å². The predicted molar refractivity (Wildman–Crippen MR) is 95.0 cm³/mol. The second-order valence-corrected chi connectivity index (χ2v) is 5.97. The Labute approximate surface area is 137 Å². The van der Waals surface area contributed by atoms with Crippen molar-refractivity contribution in [2.75, 3.05) is 13.2 Å². The molecule has 0 saturated carbocycles. The summed E-state index contributed by atoms with van der Waals surface area (Å²) < 4.78 is 11.8. The number of benzene rings is 1. The van der Waals surface area contributed by atoms with Crippen LogP contribution in [0.5, 0.6) is 11.5 Å². The van der Waals surface area contributed by atoms with Gasteiger partial charge in [-0.15, -0.1) is 0 Å². The summed E-state index contributed by atoms with van der Waals surface area (Å²) in [5, 5.41) is 0. The maximum absolute atomic E-state index is 5.90. The summed E-state index contributed by atoms with van der Waals surface area (Å²) in [7, 11) is 0. The van der Waals surface area contributed by atoms with Gasteiger partial charge in [-0.25, -0.2) is 0 Å². The molecule has 0 spiro atoms. The molecular formula is C20H34O2. The molecule has 2 heteroatoms. The van der Waals surface area contributed by atoms with Crippen molar-refractivity contribution >= 4 is 0 Å². The molecular weight excluding hydrogens is 272 g/mol. The molecule has 0 aliphatic carbocycles. The molecule has 2 nitrogen and oxygen atoms in total. The van der Waals surface area contributed by atoms with Gasteiger partial charge in [0.25, 0.3) is 0 Å². The lowest BCUT2D eigenvalue weighted by molar-refractivity contribution is 0.258. The Bertz CT molecular complexity index is 362. The van der Waals surface area contributed by atoms with Gasteiger partial charge < -0.3 is 9.47 Å². The molecule has 0 bridgehead atoms. The van der Waals surface area contributed by atoms with Gasteiger partial charge in [-0.2, -0.15) is 0 Å². The van der Waals surface area contributed by atoms with Crippen LogP contribution in [-0.2, 0) is 0 Å². The minimum absolute atomic E-state index is 0.789. The zero-order chi connectivity index (χ0) is 15.9. The lowest BCUT2D eigenvalue weighted by Crippen LogP contribution is -2.02. The summed E-state index contributed by atoms with van der Waals surface area (Å²) >= 11 is 0. The normalized spacial score (nSPS) is 10.6. The topological polar surface area (TPSA) is 18.5 Å². The summed E-state index contributed by atoms with van der Waals surface area (Å²) in [4.78, 5) is 0. The van der Waals surface area contributed by atoms with Crippen molar-refractivity contribution in [3.05, 3.63) is 24.3 Å². The van der Waals surface area contributed by atoms with Crippen LogP contribution in [-0.4, -0.2) is 13.2 Å². The average molecular weight is 306 g/mol. The minimum atomic E-state index is 0.789. The van der Waals surface area contributed by atoms with E-state index in [2.05, 4.69) is 13.8 Å². The Hall–Kier alpha value is -1.18. The fourth-order valence-electron chi connectivity index (χ4n) is 2.46. The Kier molecular flexibility index (Phi) is 11.6. The van der Waals surface area contributed by atoms with E-state index in [4.69, 9.17) is 9.47 Å². The molecule has 0 N–H and O–H groups in total. The van der Waals surface area contributed by atoms with E-state index in [0.29, 0.717) is 0 Å². The van der Waals surface area contributed by atoms with Crippen molar-refractivity contribution in [2.45, 2.75) is 78.1 Å². The number of para-hydroxylation sites is 2. The summed E-state index contributed by atoms with van der Waals surface area (Å²) in [6, 6.07) is 8.05. The van der Waals surface area contributed by atoms with Gasteiger partial charge in [-0.05, 0) is 25.0 Å². The molecule has 0 aliphatic heterocycles. The van der Waals surface area contributed by atoms with Gasteiger partial charge in [0.05, 0.1) is 13.2 Å². The molecule has 0 aromatic heterocycles. The van der Waals surface area contributed by atoms with Crippen molar-refractivity contribution in [3.8, 4) is 11.5 Å². The van der Waals surface area contributed by atoms with E-state index in [1.165, 1.54) is 51.4 Å². The molecule has 126 valence electrons. The minimum Gasteiger partial charge on any atom is -0.490 e. The third-order valence-corrected chi connectivity index (χ3v) is 3.86. The number of rotatable bonds is 14. The van der Waals surface area contributed by atoms with Crippen LogP contribution in [0.3, 0.4) is 0 Å². The van der Waals surface area contributed by atoms with Crippen LogP contribution in [0.25, 0.3) is 0 Å². The third-order valence-electron chi connectivity index (χ3n) is 3.86. The second kappa shape index (κ2) is 13.5. The summed E-state index contributed by atoms with van der Waals surface area (Å²) in [6.07, 6.45) is 12.7. The van der Waals surface area contributed by atoms with E-state index < -0.39 is 0 Å². The van der Waals surface area contributed by atoms with Gasteiger partial charge in [0.2, 0.25) is 0 Å². The molecule has 0 radical (unpaired) electrons. The van der Waals surface area contributed by atoms with Crippen LogP contribution < -0.4 is 9.47 Å². The van der Waals surface area contributed by atoms with Crippen LogP contribution in [0.1, 0.15) is 78.1 Å². The van der Waals surface area contributed by atoms with Gasteiger partial charge >= 0.3 is 0 Å². The average Bonchev–Trinajstić information content (AvgIpc) is 2.55. The summed E-state index contributed by atoms with van der Waals surface area (Å²) in [6.45, 7) is 6.06. The molecule has 22 heavy (non-hydrogen) atoms. The van der Waals surface area contributed by atoms with Crippen molar-refractivity contribution in [3.63, 3.8) is 0 Å². The highest BCUT2D eigenvalue weighted by atomic mass is 16.5. The molecule has 1 aromatic carbocycles. The highest BCUT2D eigenvalue weighted by Gasteiger charge is 2.03. The van der Waals surface area contributed by atoms with E-state index >= 15 is 0 Å². The highest BCUT2D eigenvalue weighted by molar-refractivity contribution is 5.39. The molecule has 0 amide bonds. The molecule has 0 fully saturated rings. The lowest BCUT2D eigenvalue weighted by Gasteiger charge is -2.12. The van der Waals surface area contributed by atoms with Gasteiger partial charge in [-0.1, -0.05) is 77.3 Å². The number of ether oxygens (including phenoxy) is 2. The molecule has 0 atom stereocenters. The Morgan fingerprint density at radius 2 is 1.00 bits per heavy atom. The molecule has 1 rings (SSSR count). The first-order valence-corrected chi connectivity index (χ1v) is 9.23. The SMILES string of the molecule is CCCCCCCCOc1ccccc1OCCCCCC. The van der Waals surface area contributed by atoms with E-state index in [1.54, 1.807) is 0 Å². The van der Waals surface area contributed by atoms with E-state index in [-0.39, 0.29) is 0 Å². The molecule has 0 heterocycles. The van der Waals surface area contributed by atoms with Gasteiger partial charge in [0, 0.05) is 0 Å². The third kappa shape index (κ3) is 8.96. The smallest absolute Gasteiger partial charge is 0.161 e. The highest BCUT2D eigenvalue weighted by Crippen LogP contribution is 2.27. The Balaban J connectivity index is 2.19.